The van der Waals surface area contributed by atoms with Crippen molar-refractivity contribution in [2.45, 2.75) is 25.7 Å². The zero-order valence-electron chi connectivity index (χ0n) is 9.92. The second kappa shape index (κ2) is 5.95. The summed E-state index contributed by atoms with van der Waals surface area (Å²) in [7, 11) is 0. The van der Waals surface area contributed by atoms with Crippen LogP contribution in [0.15, 0.2) is 18.2 Å². The summed E-state index contributed by atoms with van der Waals surface area (Å²) in [5.41, 5.74) is 0.0330. The van der Waals surface area contributed by atoms with Crippen molar-refractivity contribution in [3.63, 3.8) is 0 Å². The first-order chi connectivity index (χ1) is 8.49. The van der Waals surface area contributed by atoms with Crippen molar-refractivity contribution in [3.8, 4) is 0 Å². The van der Waals surface area contributed by atoms with Gasteiger partial charge in [0.05, 0.1) is 11.1 Å². The number of aldehydes is 1. The third kappa shape index (κ3) is 2.94. The predicted molar refractivity (Wildman–Crippen MR) is 64.1 cm³/mol. The number of hydrogen-bond acceptors (Lipinski definition) is 3. The van der Waals surface area contributed by atoms with E-state index in [1.807, 2.05) is 0 Å². The summed E-state index contributed by atoms with van der Waals surface area (Å²) >= 11 is 0. The molecule has 0 aromatic heterocycles. The number of carboxylic acid groups (broad SMARTS) is 2. The van der Waals surface area contributed by atoms with Crippen LogP contribution in [0.25, 0.3) is 0 Å². The van der Waals surface area contributed by atoms with Gasteiger partial charge in [0.2, 0.25) is 0 Å². The van der Waals surface area contributed by atoms with Crippen LogP contribution in [0.4, 0.5) is 0 Å². The zero-order chi connectivity index (χ0) is 13.7. The molecule has 0 aliphatic heterocycles. The molecule has 96 valence electrons. The SMILES string of the molecule is CC(CCC=O)c1cccc(C(=O)O)c1C(=O)O. The Balaban J connectivity index is 3.26. The fourth-order valence-corrected chi connectivity index (χ4v) is 1.87. The molecule has 5 nitrogen and oxygen atoms in total. The lowest BCUT2D eigenvalue weighted by Gasteiger charge is -2.14. The molecule has 5 heteroatoms. The highest BCUT2D eigenvalue weighted by atomic mass is 16.4. The van der Waals surface area contributed by atoms with E-state index < -0.39 is 11.9 Å². The first kappa shape index (κ1) is 13.9. The third-order valence-electron chi connectivity index (χ3n) is 2.79. The summed E-state index contributed by atoms with van der Waals surface area (Å²) in [5, 5.41) is 18.1. The normalized spacial score (nSPS) is 11.8. The lowest BCUT2D eigenvalue weighted by atomic mass is 9.89. The van der Waals surface area contributed by atoms with E-state index in [2.05, 4.69) is 0 Å². The summed E-state index contributed by atoms with van der Waals surface area (Å²) in [6.07, 6.45) is 1.57. The average molecular weight is 250 g/mol. The Labute approximate surface area is 104 Å². The number of carbonyl (C=O) groups excluding carboxylic acids is 1. The number of hydrogen-bond donors (Lipinski definition) is 2. The van der Waals surface area contributed by atoms with Crippen molar-refractivity contribution in [1.29, 1.82) is 0 Å². The minimum atomic E-state index is -1.27. The standard InChI is InChI=1S/C13H14O5/c1-8(4-3-7-14)9-5-2-6-10(12(15)16)11(9)13(17)18/h2,5-8H,3-4H2,1H3,(H,15,16)(H,17,18). The molecule has 18 heavy (non-hydrogen) atoms. The fourth-order valence-electron chi connectivity index (χ4n) is 1.87. The Morgan fingerprint density at radius 2 is 1.94 bits per heavy atom. The lowest BCUT2D eigenvalue weighted by Crippen LogP contribution is -2.13. The van der Waals surface area contributed by atoms with Crippen LogP contribution in [0.1, 0.15) is 52.0 Å². The van der Waals surface area contributed by atoms with Crippen LogP contribution >= 0.6 is 0 Å². The Hall–Kier alpha value is -2.17. The van der Waals surface area contributed by atoms with Gasteiger partial charge in [-0.05, 0) is 24.0 Å². The Morgan fingerprint density at radius 1 is 1.28 bits per heavy atom. The molecular formula is C13H14O5. The van der Waals surface area contributed by atoms with Gasteiger partial charge in [0.1, 0.15) is 6.29 Å². The highest BCUT2D eigenvalue weighted by molar-refractivity contribution is 6.02. The molecule has 1 atom stereocenters. The smallest absolute Gasteiger partial charge is 0.336 e. The van der Waals surface area contributed by atoms with E-state index in [0.717, 1.165) is 6.29 Å². The van der Waals surface area contributed by atoms with Crippen LogP contribution in [-0.2, 0) is 4.79 Å². The van der Waals surface area contributed by atoms with Gasteiger partial charge < -0.3 is 15.0 Å². The molecule has 0 saturated heterocycles. The van der Waals surface area contributed by atoms with Crippen molar-refractivity contribution in [2.24, 2.45) is 0 Å². The van der Waals surface area contributed by atoms with Crippen molar-refractivity contribution >= 4 is 18.2 Å². The van der Waals surface area contributed by atoms with E-state index in [4.69, 9.17) is 10.2 Å². The first-order valence-corrected chi connectivity index (χ1v) is 5.52. The highest BCUT2D eigenvalue weighted by Crippen LogP contribution is 2.26. The quantitative estimate of drug-likeness (QED) is 0.755. The molecule has 1 aromatic carbocycles. The van der Waals surface area contributed by atoms with Gasteiger partial charge in [-0.1, -0.05) is 19.1 Å². The number of benzene rings is 1. The van der Waals surface area contributed by atoms with Gasteiger partial charge in [-0.15, -0.1) is 0 Å². The molecule has 0 bridgehead atoms. The van der Waals surface area contributed by atoms with Gasteiger partial charge in [-0.25, -0.2) is 9.59 Å². The van der Waals surface area contributed by atoms with E-state index in [-0.39, 0.29) is 17.0 Å². The van der Waals surface area contributed by atoms with Crippen LogP contribution in [0.2, 0.25) is 0 Å². The molecule has 0 spiro atoms. The van der Waals surface area contributed by atoms with Crippen molar-refractivity contribution < 1.29 is 24.6 Å². The van der Waals surface area contributed by atoms with Crippen molar-refractivity contribution in [2.75, 3.05) is 0 Å². The summed E-state index contributed by atoms with van der Waals surface area (Å²) in [6, 6.07) is 4.37. The topological polar surface area (TPSA) is 91.7 Å². The van der Waals surface area contributed by atoms with Crippen LogP contribution in [0.5, 0.6) is 0 Å². The Kier molecular flexibility index (Phi) is 4.59. The zero-order valence-corrected chi connectivity index (χ0v) is 9.92. The Morgan fingerprint density at radius 3 is 2.44 bits per heavy atom. The van der Waals surface area contributed by atoms with Gasteiger partial charge in [-0.3, -0.25) is 0 Å². The molecule has 1 rings (SSSR count). The fraction of sp³-hybridized carbons (Fsp3) is 0.308. The van der Waals surface area contributed by atoms with Gasteiger partial charge in [0.25, 0.3) is 0 Å². The second-order valence-electron chi connectivity index (χ2n) is 4.03. The summed E-state index contributed by atoms with van der Waals surface area (Å²) in [4.78, 5) is 32.5. The molecule has 1 aromatic rings. The maximum absolute atomic E-state index is 11.2. The van der Waals surface area contributed by atoms with Crippen LogP contribution in [0, 0.1) is 0 Å². The summed E-state index contributed by atoms with van der Waals surface area (Å²) in [6.45, 7) is 1.77. The molecule has 2 N–H and O–H groups in total. The molecule has 0 fully saturated rings. The molecule has 0 aliphatic rings. The minimum absolute atomic E-state index is 0.180. The lowest BCUT2D eigenvalue weighted by molar-refractivity contribution is -0.108. The number of rotatable bonds is 6. The molecule has 0 amide bonds. The molecule has 0 aliphatic carbocycles. The first-order valence-electron chi connectivity index (χ1n) is 5.52. The van der Waals surface area contributed by atoms with Gasteiger partial charge >= 0.3 is 11.9 Å². The predicted octanol–water partition coefficient (Wildman–Crippen LogP) is 2.17. The average Bonchev–Trinajstić information content (AvgIpc) is 2.34. The van der Waals surface area contributed by atoms with E-state index in [0.29, 0.717) is 18.4 Å². The van der Waals surface area contributed by atoms with E-state index in [9.17, 15) is 14.4 Å². The minimum Gasteiger partial charge on any atom is -0.478 e. The monoisotopic (exact) mass is 250 g/mol. The van der Waals surface area contributed by atoms with E-state index in [1.165, 1.54) is 12.1 Å². The molecule has 0 heterocycles. The van der Waals surface area contributed by atoms with Crippen molar-refractivity contribution in [1.82, 2.24) is 0 Å². The third-order valence-corrected chi connectivity index (χ3v) is 2.79. The van der Waals surface area contributed by atoms with Crippen LogP contribution in [-0.4, -0.2) is 28.4 Å². The van der Waals surface area contributed by atoms with E-state index in [1.54, 1.807) is 13.0 Å². The highest BCUT2D eigenvalue weighted by Gasteiger charge is 2.22. The molecule has 1 unspecified atom stereocenters. The maximum Gasteiger partial charge on any atom is 0.336 e. The largest absolute Gasteiger partial charge is 0.478 e. The van der Waals surface area contributed by atoms with Crippen LogP contribution in [0.3, 0.4) is 0 Å². The number of aromatic carboxylic acids is 2. The Bertz CT molecular complexity index is 478. The summed E-state index contributed by atoms with van der Waals surface area (Å²) < 4.78 is 0. The number of carbonyl (C=O) groups is 3. The van der Waals surface area contributed by atoms with Gasteiger partial charge in [0, 0.05) is 6.42 Å². The van der Waals surface area contributed by atoms with Crippen LogP contribution < -0.4 is 0 Å². The summed E-state index contributed by atoms with van der Waals surface area (Å²) in [5.74, 6) is -2.71. The van der Waals surface area contributed by atoms with Crippen molar-refractivity contribution in [3.05, 3.63) is 34.9 Å². The second-order valence-corrected chi connectivity index (χ2v) is 4.03. The number of carboxylic acids is 2. The van der Waals surface area contributed by atoms with Gasteiger partial charge in [0.15, 0.2) is 0 Å². The molecule has 0 radical (unpaired) electrons. The molecular weight excluding hydrogens is 236 g/mol. The maximum atomic E-state index is 11.2. The van der Waals surface area contributed by atoms with Gasteiger partial charge in [-0.2, -0.15) is 0 Å². The van der Waals surface area contributed by atoms with E-state index >= 15 is 0 Å². The molecule has 0 saturated carbocycles.